The molecule has 0 saturated heterocycles. The summed E-state index contributed by atoms with van der Waals surface area (Å²) in [7, 11) is 0. The highest BCUT2D eigenvalue weighted by atomic mass is 35.5. The lowest BCUT2D eigenvalue weighted by Crippen LogP contribution is -2.14. The summed E-state index contributed by atoms with van der Waals surface area (Å²) in [6, 6.07) is 13.1. The maximum absolute atomic E-state index is 11.9. The number of hydrogen-bond acceptors (Lipinski definition) is 1. The van der Waals surface area contributed by atoms with Gasteiger partial charge in [0.1, 0.15) is 0 Å². The number of anilines is 1. The Morgan fingerprint density at radius 1 is 1.00 bits per heavy atom. The van der Waals surface area contributed by atoms with Crippen molar-refractivity contribution in [1.82, 2.24) is 0 Å². The third-order valence-corrected chi connectivity index (χ3v) is 3.74. The molecule has 2 rings (SSSR count). The molecule has 1 N–H and O–H groups in total. The van der Waals surface area contributed by atoms with E-state index in [0.29, 0.717) is 22.2 Å². The zero-order valence-electron chi connectivity index (χ0n) is 11.1. The highest BCUT2D eigenvalue weighted by molar-refractivity contribution is 6.42. The van der Waals surface area contributed by atoms with Gasteiger partial charge in [0.15, 0.2) is 0 Å². The Morgan fingerprint density at radius 2 is 1.65 bits per heavy atom. The van der Waals surface area contributed by atoms with Gasteiger partial charge >= 0.3 is 0 Å². The van der Waals surface area contributed by atoms with E-state index >= 15 is 0 Å². The van der Waals surface area contributed by atoms with Crippen molar-refractivity contribution in [3.05, 3.63) is 63.6 Å². The number of rotatable bonds is 4. The van der Waals surface area contributed by atoms with Gasteiger partial charge in [-0.15, -0.1) is 0 Å². The average molecular weight is 308 g/mol. The fourth-order valence-corrected chi connectivity index (χ4v) is 2.16. The number of nitrogens with one attached hydrogen (secondary N) is 1. The van der Waals surface area contributed by atoms with Crippen LogP contribution in [0.25, 0.3) is 0 Å². The molecule has 0 atom stereocenters. The number of hydrogen-bond donors (Lipinski definition) is 1. The number of halogens is 2. The van der Waals surface area contributed by atoms with Crippen LogP contribution in [0.15, 0.2) is 42.5 Å². The van der Waals surface area contributed by atoms with Crippen LogP contribution in [0.2, 0.25) is 10.0 Å². The van der Waals surface area contributed by atoms with Crippen molar-refractivity contribution in [2.75, 3.05) is 5.32 Å². The lowest BCUT2D eigenvalue weighted by atomic mass is 10.1. The van der Waals surface area contributed by atoms with E-state index in [9.17, 15) is 4.79 Å². The van der Waals surface area contributed by atoms with E-state index in [0.717, 1.165) is 12.0 Å². The Kier molecular flexibility index (Phi) is 5.05. The smallest absolute Gasteiger partial charge is 0.228 e. The van der Waals surface area contributed by atoms with Gasteiger partial charge < -0.3 is 5.32 Å². The highest BCUT2D eigenvalue weighted by Gasteiger charge is 2.06. The third kappa shape index (κ3) is 3.99. The van der Waals surface area contributed by atoms with E-state index in [1.165, 1.54) is 5.56 Å². The van der Waals surface area contributed by atoms with Crippen LogP contribution < -0.4 is 5.32 Å². The van der Waals surface area contributed by atoms with Gasteiger partial charge in [-0.3, -0.25) is 4.79 Å². The molecule has 0 aromatic heterocycles. The highest BCUT2D eigenvalue weighted by Crippen LogP contribution is 2.25. The number of aryl methyl sites for hydroxylation is 1. The molecule has 2 nitrogen and oxygen atoms in total. The maximum Gasteiger partial charge on any atom is 0.228 e. The number of amides is 1. The van der Waals surface area contributed by atoms with Crippen LogP contribution >= 0.6 is 23.2 Å². The van der Waals surface area contributed by atoms with Crippen LogP contribution in [0.3, 0.4) is 0 Å². The quantitative estimate of drug-likeness (QED) is 0.868. The molecule has 0 unspecified atom stereocenters. The minimum Gasteiger partial charge on any atom is -0.326 e. The number of carbonyl (C=O) groups excluding carboxylic acids is 1. The predicted octanol–water partition coefficient (Wildman–Crippen LogP) is 4.74. The standard InChI is InChI=1S/C16H15Cl2NO/c1-2-11-3-5-12(6-4-11)9-16(20)19-13-7-8-14(17)15(18)10-13/h3-8,10H,2,9H2,1H3,(H,19,20). The molecule has 0 spiro atoms. The zero-order chi connectivity index (χ0) is 14.5. The van der Waals surface area contributed by atoms with Gasteiger partial charge in [0.05, 0.1) is 16.5 Å². The van der Waals surface area contributed by atoms with Crippen molar-refractivity contribution >= 4 is 34.8 Å². The second kappa shape index (κ2) is 6.78. The normalized spacial score (nSPS) is 10.3. The van der Waals surface area contributed by atoms with Crippen molar-refractivity contribution in [1.29, 1.82) is 0 Å². The van der Waals surface area contributed by atoms with Crippen LogP contribution in [0, 0.1) is 0 Å². The summed E-state index contributed by atoms with van der Waals surface area (Å²) in [5.41, 5.74) is 2.90. The molecule has 20 heavy (non-hydrogen) atoms. The Labute approximate surface area is 128 Å². The average Bonchev–Trinajstić information content (AvgIpc) is 2.44. The Balaban J connectivity index is 1.99. The van der Waals surface area contributed by atoms with Gasteiger partial charge in [-0.05, 0) is 35.7 Å². The molecular weight excluding hydrogens is 293 g/mol. The molecular formula is C16H15Cl2NO. The molecule has 2 aromatic rings. The first-order valence-corrected chi connectivity index (χ1v) is 7.17. The molecule has 2 aromatic carbocycles. The second-order valence-corrected chi connectivity index (χ2v) is 5.34. The molecule has 0 radical (unpaired) electrons. The molecule has 1 amide bonds. The minimum atomic E-state index is -0.0763. The summed E-state index contributed by atoms with van der Waals surface area (Å²) in [6.07, 6.45) is 1.33. The molecule has 0 aliphatic rings. The first-order valence-electron chi connectivity index (χ1n) is 6.41. The first kappa shape index (κ1) is 14.9. The largest absolute Gasteiger partial charge is 0.326 e. The summed E-state index contributed by atoms with van der Waals surface area (Å²) in [6.45, 7) is 2.10. The van der Waals surface area contributed by atoms with Crippen molar-refractivity contribution in [2.24, 2.45) is 0 Å². The topological polar surface area (TPSA) is 29.1 Å². The Hall–Kier alpha value is -1.51. The van der Waals surface area contributed by atoms with Gasteiger partial charge in [-0.25, -0.2) is 0 Å². The van der Waals surface area contributed by atoms with E-state index in [-0.39, 0.29) is 5.91 Å². The van der Waals surface area contributed by atoms with E-state index in [2.05, 4.69) is 12.2 Å². The number of benzene rings is 2. The van der Waals surface area contributed by atoms with Gasteiger partial charge in [-0.1, -0.05) is 54.4 Å². The first-order chi connectivity index (χ1) is 9.58. The van der Waals surface area contributed by atoms with Crippen LogP contribution in [0.4, 0.5) is 5.69 Å². The molecule has 4 heteroatoms. The summed E-state index contributed by atoms with van der Waals surface area (Å²) in [5, 5.41) is 3.70. The fraction of sp³-hybridized carbons (Fsp3) is 0.188. The van der Waals surface area contributed by atoms with E-state index in [1.807, 2.05) is 24.3 Å². The predicted molar refractivity (Wildman–Crippen MR) is 84.6 cm³/mol. The molecule has 104 valence electrons. The van der Waals surface area contributed by atoms with Crippen LogP contribution in [0.5, 0.6) is 0 Å². The van der Waals surface area contributed by atoms with Crippen LogP contribution in [-0.4, -0.2) is 5.91 Å². The second-order valence-electron chi connectivity index (χ2n) is 4.52. The maximum atomic E-state index is 11.9. The van der Waals surface area contributed by atoms with Gasteiger partial charge in [0.2, 0.25) is 5.91 Å². The minimum absolute atomic E-state index is 0.0763. The lowest BCUT2D eigenvalue weighted by molar-refractivity contribution is -0.115. The van der Waals surface area contributed by atoms with Crippen LogP contribution in [-0.2, 0) is 17.6 Å². The summed E-state index contributed by atoms with van der Waals surface area (Å²) < 4.78 is 0. The molecule has 0 saturated carbocycles. The van der Waals surface area contributed by atoms with Gasteiger partial charge in [0.25, 0.3) is 0 Å². The molecule has 0 heterocycles. The lowest BCUT2D eigenvalue weighted by Gasteiger charge is -2.07. The van der Waals surface area contributed by atoms with Crippen molar-refractivity contribution < 1.29 is 4.79 Å². The summed E-state index contributed by atoms with van der Waals surface area (Å²) in [4.78, 5) is 11.9. The van der Waals surface area contributed by atoms with Crippen molar-refractivity contribution in [3.8, 4) is 0 Å². The van der Waals surface area contributed by atoms with E-state index in [1.54, 1.807) is 18.2 Å². The van der Waals surface area contributed by atoms with E-state index in [4.69, 9.17) is 23.2 Å². The fourth-order valence-electron chi connectivity index (χ4n) is 1.86. The summed E-state index contributed by atoms with van der Waals surface area (Å²) in [5.74, 6) is -0.0763. The third-order valence-electron chi connectivity index (χ3n) is 3.00. The molecule has 0 aliphatic carbocycles. The van der Waals surface area contributed by atoms with Gasteiger partial charge in [-0.2, -0.15) is 0 Å². The molecule has 0 bridgehead atoms. The molecule has 0 aliphatic heterocycles. The monoisotopic (exact) mass is 307 g/mol. The van der Waals surface area contributed by atoms with Crippen molar-refractivity contribution in [3.63, 3.8) is 0 Å². The van der Waals surface area contributed by atoms with Crippen LogP contribution in [0.1, 0.15) is 18.1 Å². The van der Waals surface area contributed by atoms with E-state index < -0.39 is 0 Å². The zero-order valence-corrected chi connectivity index (χ0v) is 12.6. The van der Waals surface area contributed by atoms with Gasteiger partial charge in [0, 0.05) is 5.69 Å². The molecule has 0 fully saturated rings. The SMILES string of the molecule is CCc1ccc(CC(=O)Nc2ccc(Cl)c(Cl)c2)cc1. The summed E-state index contributed by atoms with van der Waals surface area (Å²) >= 11 is 11.7. The number of carbonyl (C=O) groups is 1. The Bertz CT molecular complexity index is 608. The van der Waals surface area contributed by atoms with Crippen molar-refractivity contribution in [2.45, 2.75) is 19.8 Å². The Morgan fingerprint density at radius 3 is 2.25 bits per heavy atom.